The van der Waals surface area contributed by atoms with Crippen LogP contribution in [-0.4, -0.2) is 6.54 Å². The first-order valence-electron chi connectivity index (χ1n) is 5.76. The van der Waals surface area contributed by atoms with Gasteiger partial charge in [0, 0.05) is 17.3 Å². The molecule has 1 aromatic carbocycles. The van der Waals surface area contributed by atoms with E-state index in [-0.39, 0.29) is 0 Å². The van der Waals surface area contributed by atoms with Gasteiger partial charge in [-0.3, -0.25) is 0 Å². The van der Waals surface area contributed by atoms with Crippen molar-refractivity contribution in [1.82, 2.24) is 0 Å². The van der Waals surface area contributed by atoms with Gasteiger partial charge in [0.2, 0.25) is 0 Å². The van der Waals surface area contributed by atoms with Crippen molar-refractivity contribution in [2.45, 2.75) is 32.6 Å². The highest BCUT2D eigenvalue weighted by Crippen LogP contribution is 2.26. The molecule has 1 saturated carbocycles. The van der Waals surface area contributed by atoms with Crippen LogP contribution in [0.4, 0.5) is 5.69 Å². The Morgan fingerprint density at radius 1 is 1.33 bits per heavy atom. The molecule has 0 unspecified atom stereocenters. The third-order valence-electron chi connectivity index (χ3n) is 3.24. The van der Waals surface area contributed by atoms with Gasteiger partial charge in [-0.05, 0) is 43.4 Å². The van der Waals surface area contributed by atoms with Crippen LogP contribution >= 0.6 is 11.6 Å². The minimum absolute atomic E-state index is 0.853. The maximum atomic E-state index is 6.07. The molecule has 1 N–H and O–H groups in total. The highest BCUT2D eigenvalue weighted by molar-refractivity contribution is 6.31. The molecule has 2 rings (SSSR count). The number of anilines is 1. The van der Waals surface area contributed by atoms with Crippen LogP contribution in [0.5, 0.6) is 0 Å². The molecule has 1 aliphatic carbocycles. The molecule has 0 radical (unpaired) electrons. The van der Waals surface area contributed by atoms with Gasteiger partial charge >= 0.3 is 0 Å². The number of hydrogen-bond acceptors (Lipinski definition) is 1. The first-order valence-corrected chi connectivity index (χ1v) is 6.13. The van der Waals surface area contributed by atoms with E-state index in [2.05, 4.69) is 17.4 Å². The lowest BCUT2D eigenvalue weighted by Crippen LogP contribution is -2.10. The van der Waals surface area contributed by atoms with Gasteiger partial charge in [0.15, 0.2) is 0 Å². The SMILES string of the molecule is Cc1ccc(NCC2CCCC2)cc1Cl. The summed E-state index contributed by atoms with van der Waals surface area (Å²) >= 11 is 6.07. The van der Waals surface area contributed by atoms with Crippen molar-refractivity contribution < 1.29 is 0 Å². The van der Waals surface area contributed by atoms with E-state index >= 15 is 0 Å². The Morgan fingerprint density at radius 2 is 2.07 bits per heavy atom. The van der Waals surface area contributed by atoms with E-state index in [0.29, 0.717) is 0 Å². The monoisotopic (exact) mass is 223 g/mol. The molecule has 15 heavy (non-hydrogen) atoms. The molecule has 1 aliphatic rings. The van der Waals surface area contributed by atoms with Crippen LogP contribution in [0.2, 0.25) is 5.02 Å². The minimum Gasteiger partial charge on any atom is -0.385 e. The average molecular weight is 224 g/mol. The molecule has 0 bridgehead atoms. The number of hydrogen-bond donors (Lipinski definition) is 1. The fourth-order valence-corrected chi connectivity index (χ4v) is 2.36. The third-order valence-corrected chi connectivity index (χ3v) is 3.65. The molecule has 0 heterocycles. The van der Waals surface area contributed by atoms with Crippen molar-refractivity contribution >= 4 is 17.3 Å². The third kappa shape index (κ3) is 2.88. The average Bonchev–Trinajstić information content (AvgIpc) is 2.73. The smallest absolute Gasteiger partial charge is 0.0455 e. The maximum absolute atomic E-state index is 6.07. The first kappa shape index (κ1) is 10.8. The Bertz CT molecular complexity index is 329. The molecular formula is C13H18ClN. The normalized spacial score (nSPS) is 16.9. The van der Waals surface area contributed by atoms with Gasteiger partial charge < -0.3 is 5.32 Å². The fraction of sp³-hybridized carbons (Fsp3) is 0.538. The van der Waals surface area contributed by atoms with Gasteiger partial charge in [-0.1, -0.05) is 30.5 Å². The predicted octanol–water partition coefficient (Wildman–Crippen LogP) is 4.25. The Labute approximate surface area is 96.8 Å². The Kier molecular flexibility index (Phi) is 3.53. The number of rotatable bonds is 3. The molecule has 0 amide bonds. The van der Waals surface area contributed by atoms with E-state index in [1.807, 2.05) is 13.0 Å². The number of halogens is 1. The molecule has 1 fully saturated rings. The summed E-state index contributed by atoms with van der Waals surface area (Å²) in [5.41, 5.74) is 2.29. The second-order valence-electron chi connectivity index (χ2n) is 4.50. The molecule has 0 atom stereocenters. The Hall–Kier alpha value is -0.690. The largest absolute Gasteiger partial charge is 0.385 e. The summed E-state index contributed by atoms with van der Waals surface area (Å²) in [7, 11) is 0. The van der Waals surface area contributed by atoms with Crippen LogP contribution < -0.4 is 5.32 Å². The van der Waals surface area contributed by atoms with E-state index in [1.165, 1.54) is 25.7 Å². The van der Waals surface area contributed by atoms with Gasteiger partial charge in [0.1, 0.15) is 0 Å². The van der Waals surface area contributed by atoms with E-state index in [1.54, 1.807) is 0 Å². The minimum atomic E-state index is 0.853. The highest BCUT2D eigenvalue weighted by atomic mass is 35.5. The Morgan fingerprint density at radius 3 is 2.73 bits per heavy atom. The van der Waals surface area contributed by atoms with Gasteiger partial charge in [-0.25, -0.2) is 0 Å². The van der Waals surface area contributed by atoms with Crippen molar-refractivity contribution in [2.75, 3.05) is 11.9 Å². The molecule has 0 aliphatic heterocycles. The standard InChI is InChI=1S/C13H18ClN/c1-10-6-7-12(8-13(10)14)15-9-11-4-2-3-5-11/h6-8,11,15H,2-5,9H2,1H3. The number of benzene rings is 1. The molecular weight excluding hydrogens is 206 g/mol. The van der Waals surface area contributed by atoms with Crippen LogP contribution in [0.1, 0.15) is 31.2 Å². The topological polar surface area (TPSA) is 12.0 Å². The fourth-order valence-electron chi connectivity index (χ4n) is 2.18. The second-order valence-corrected chi connectivity index (χ2v) is 4.90. The highest BCUT2D eigenvalue weighted by Gasteiger charge is 2.14. The quantitative estimate of drug-likeness (QED) is 0.808. The molecule has 0 aromatic heterocycles. The molecule has 0 spiro atoms. The van der Waals surface area contributed by atoms with Crippen LogP contribution in [0.15, 0.2) is 18.2 Å². The van der Waals surface area contributed by atoms with Gasteiger partial charge in [-0.15, -0.1) is 0 Å². The van der Waals surface area contributed by atoms with Crippen molar-refractivity contribution in [2.24, 2.45) is 5.92 Å². The number of aryl methyl sites for hydroxylation is 1. The molecule has 1 nitrogen and oxygen atoms in total. The van der Waals surface area contributed by atoms with Crippen molar-refractivity contribution in [3.05, 3.63) is 28.8 Å². The van der Waals surface area contributed by atoms with E-state index in [9.17, 15) is 0 Å². The van der Waals surface area contributed by atoms with Gasteiger partial charge in [0.05, 0.1) is 0 Å². The summed E-state index contributed by atoms with van der Waals surface area (Å²) in [6.45, 7) is 3.13. The zero-order chi connectivity index (χ0) is 10.7. The maximum Gasteiger partial charge on any atom is 0.0455 e. The van der Waals surface area contributed by atoms with Crippen molar-refractivity contribution in [3.8, 4) is 0 Å². The van der Waals surface area contributed by atoms with Crippen LogP contribution in [0, 0.1) is 12.8 Å². The lowest BCUT2D eigenvalue weighted by atomic mass is 10.1. The van der Waals surface area contributed by atoms with Crippen molar-refractivity contribution in [1.29, 1.82) is 0 Å². The van der Waals surface area contributed by atoms with Crippen LogP contribution in [-0.2, 0) is 0 Å². The molecule has 1 aromatic rings. The summed E-state index contributed by atoms with van der Waals surface area (Å²) in [5, 5.41) is 4.32. The first-order chi connectivity index (χ1) is 7.25. The summed E-state index contributed by atoms with van der Waals surface area (Å²) in [5.74, 6) is 0.866. The molecule has 82 valence electrons. The molecule has 0 saturated heterocycles. The summed E-state index contributed by atoms with van der Waals surface area (Å²) in [6, 6.07) is 6.20. The second kappa shape index (κ2) is 4.89. The van der Waals surface area contributed by atoms with Gasteiger partial charge in [-0.2, -0.15) is 0 Å². The lowest BCUT2D eigenvalue weighted by Gasteiger charge is -2.12. The predicted molar refractivity (Wildman–Crippen MR) is 66.6 cm³/mol. The van der Waals surface area contributed by atoms with Crippen LogP contribution in [0.25, 0.3) is 0 Å². The summed E-state index contributed by atoms with van der Waals surface area (Å²) in [6.07, 6.45) is 5.57. The summed E-state index contributed by atoms with van der Waals surface area (Å²) in [4.78, 5) is 0. The van der Waals surface area contributed by atoms with Crippen molar-refractivity contribution in [3.63, 3.8) is 0 Å². The number of nitrogens with one attached hydrogen (secondary N) is 1. The summed E-state index contributed by atoms with van der Waals surface area (Å²) < 4.78 is 0. The zero-order valence-electron chi connectivity index (χ0n) is 9.22. The van der Waals surface area contributed by atoms with E-state index in [4.69, 9.17) is 11.6 Å². The van der Waals surface area contributed by atoms with E-state index < -0.39 is 0 Å². The zero-order valence-corrected chi connectivity index (χ0v) is 9.98. The molecule has 2 heteroatoms. The lowest BCUT2D eigenvalue weighted by molar-refractivity contribution is 0.580. The van der Waals surface area contributed by atoms with Gasteiger partial charge in [0.25, 0.3) is 0 Å². The van der Waals surface area contributed by atoms with Crippen LogP contribution in [0.3, 0.4) is 0 Å². The van der Waals surface area contributed by atoms with E-state index in [0.717, 1.165) is 28.7 Å². The Balaban J connectivity index is 1.90.